The van der Waals surface area contributed by atoms with Crippen molar-refractivity contribution in [2.75, 3.05) is 6.54 Å². The fourth-order valence-corrected chi connectivity index (χ4v) is 4.22. The highest BCUT2D eigenvalue weighted by molar-refractivity contribution is 14.1. The average molecular weight is 514 g/mol. The Bertz CT molecular complexity index is 899. The van der Waals surface area contributed by atoms with Crippen molar-refractivity contribution in [3.05, 3.63) is 67.1 Å². The number of amides is 2. The van der Waals surface area contributed by atoms with Gasteiger partial charge in [0.05, 0.1) is 8.48 Å². The van der Waals surface area contributed by atoms with E-state index >= 15 is 0 Å². The van der Waals surface area contributed by atoms with Crippen LogP contribution in [-0.2, 0) is 11.4 Å². The number of imide groups is 1. The van der Waals surface area contributed by atoms with Gasteiger partial charge in [-0.25, -0.2) is 0 Å². The van der Waals surface area contributed by atoms with Crippen LogP contribution < -0.4 is 4.74 Å². The van der Waals surface area contributed by atoms with Gasteiger partial charge in [0.15, 0.2) is 0 Å². The molecule has 3 rings (SSSR count). The number of halogens is 2. The molecule has 0 saturated carbocycles. The van der Waals surface area contributed by atoms with Gasteiger partial charge in [-0.1, -0.05) is 36.7 Å². The van der Waals surface area contributed by atoms with Crippen LogP contribution in [0.1, 0.15) is 24.5 Å². The summed E-state index contributed by atoms with van der Waals surface area (Å²) in [7, 11) is 0. The maximum Gasteiger partial charge on any atom is 0.293 e. The number of benzene rings is 2. The molecule has 0 N–H and O–H groups in total. The van der Waals surface area contributed by atoms with Gasteiger partial charge in [0.1, 0.15) is 12.4 Å². The van der Waals surface area contributed by atoms with E-state index in [1.807, 2.05) is 49.4 Å². The highest BCUT2D eigenvalue weighted by Crippen LogP contribution is 2.33. The van der Waals surface area contributed by atoms with Crippen molar-refractivity contribution in [2.24, 2.45) is 0 Å². The lowest BCUT2D eigenvalue weighted by Gasteiger charge is -2.10. The van der Waals surface area contributed by atoms with Crippen molar-refractivity contribution in [2.45, 2.75) is 20.0 Å². The number of carbonyl (C=O) groups excluding carboxylic acids is 2. The molecule has 1 heterocycles. The third kappa shape index (κ3) is 5.06. The molecule has 2 aromatic carbocycles. The van der Waals surface area contributed by atoms with Gasteiger partial charge in [0.2, 0.25) is 0 Å². The highest BCUT2D eigenvalue weighted by Gasteiger charge is 2.34. The Kier molecular flexibility index (Phi) is 6.83. The van der Waals surface area contributed by atoms with Gasteiger partial charge in [-0.05, 0) is 82.2 Å². The Morgan fingerprint density at radius 1 is 1.19 bits per heavy atom. The fourth-order valence-electron chi connectivity index (χ4n) is 2.53. The molecule has 2 aromatic rings. The molecule has 0 radical (unpaired) electrons. The molecule has 140 valence electrons. The van der Waals surface area contributed by atoms with E-state index in [0.717, 1.165) is 38.6 Å². The molecule has 0 atom stereocenters. The van der Waals surface area contributed by atoms with Gasteiger partial charge in [0, 0.05) is 11.6 Å². The minimum Gasteiger partial charge on any atom is -0.488 e. The Balaban J connectivity index is 1.70. The van der Waals surface area contributed by atoms with Gasteiger partial charge >= 0.3 is 0 Å². The third-order valence-corrected chi connectivity index (χ3v) is 5.88. The number of rotatable bonds is 6. The second-order valence-electron chi connectivity index (χ2n) is 5.94. The van der Waals surface area contributed by atoms with Gasteiger partial charge in [-0.3, -0.25) is 14.5 Å². The lowest BCUT2D eigenvalue weighted by molar-refractivity contribution is -0.122. The Morgan fingerprint density at radius 3 is 2.59 bits per heavy atom. The summed E-state index contributed by atoms with van der Waals surface area (Å²) in [5, 5.41) is 0.492. The number of ether oxygens (including phenoxy) is 1. The lowest BCUT2D eigenvalue weighted by Crippen LogP contribution is -2.28. The maximum absolute atomic E-state index is 12.3. The van der Waals surface area contributed by atoms with Crippen LogP contribution >= 0.6 is 46.0 Å². The van der Waals surface area contributed by atoms with Crippen LogP contribution in [0, 0.1) is 3.57 Å². The third-order valence-electron chi connectivity index (χ3n) is 3.88. The van der Waals surface area contributed by atoms with Crippen molar-refractivity contribution < 1.29 is 14.3 Å². The van der Waals surface area contributed by atoms with Crippen molar-refractivity contribution >= 4 is 63.2 Å². The molecule has 4 nitrogen and oxygen atoms in total. The van der Waals surface area contributed by atoms with Gasteiger partial charge in [0.25, 0.3) is 11.1 Å². The van der Waals surface area contributed by atoms with Crippen LogP contribution in [-0.4, -0.2) is 22.6 Å². The van der Waals surface area contributed by atoms with E-state index in [-0.39, 0.29) is 11.1 Å². The first-order valence-corrected chi connectivity index (χ1v) is 10.7. The summed E-state index contributed by atoms with van der Waals surface area (Å²) in [5.41, 5.74) is 1.89. The molecule has 0 spiro atoms. The van der Waals surface area contributed by atoms with E-state index in [9.17, 15) is 9.59 Å². The second-order valence-corrected chi connectivity index (χ2v) is 8.53. The van der Waals surface area contributed by atoms with Crippen LogP contribution in [0.25, 0.3) is 6.08 Å². The monoisotopic (exact) mass is 513 g/mol. The molecule has 1 fully saturated rings. The molecule has 2 amide bonds. The fraction of sp³-hybridized carbons (Fsp3) is 0.200. The number of hydrogen-bond donors (Lipinski definition) is 0. The molecule has 1 saturated heterocycles. The number of carbonyl (C=O) groups is 2. The molecule has 7 heteroatoms. The quantitative estimate of drug-likeness (QED) is 0.353. The summed E-state index contributed by atoms with van der Waals surface area (Å²) >= 11 is 9.08. The first-order chi connectivity index (χ1) is 13.0. The summed E-state index contributed by atoms with van der Waals surface area (Å²) in [6.45, 7) is 2.84. The predicted molar refractivity (Wildman–Crippen MR) is 118 cm³/mol. The molecule has 27 heavy (non-hydrogen) atoms. The molecule has 0 bridgehead atoms. The molecular weight excluding hydrogens is 497 g/mol. The predicted octanol–water partition coefficient (Wildman–Crippen LogP) is 5.97. The zero-order chi connectivity index (χ0) is 19.4. The molecule has 0 aromatic heterocycles. The molecular formula is C20H17ClINO3S. The first-order valence-electron chi connectivity index (χ1n) is 8.40. The topological polar surface area (TPSA) is 46.6 Å². The van der Waals surface area contributed by atoms with Crippen LogP contribution in [0.15, 0.2) is 47.4 Å². The molecule has 1 aliphatic heterocycles. The van der Waals surface area contributed by atoms with Crippen LogP contribution in [0.5, 0.6) is 5.75 Å². The molecule has 0 aliphatic carbocycles. The summed E-state index contributed by atoms with van der Waals surface area (Å²) in [4.78, 5) is 26.0. The Morgan fingerprint density at radius 2 is 1.93 bits per heavy atom. The summed E-state index contributed by atoms with van der Waals surface area (Å²) in [5.74, 6) is 0.548. The van der Waals surface area contributed by atoms with Crippen molar-refractivity contribution in [3.63, 3.8) is 0 Å². The van der Waals surface area contributed by atoms with E-state index < -0.39 is 0 Å². The average Bonchev–Trinajstić information content (AvgIpc) is 2.90. The normalized spacial score (nSPS) is 15.7. The highest BCUT2D eigenvalue weighted by atomic mass is 127. The van der Waals surface area contributed by atoms with Crippen LogP contribution in [0.4, 0.5) is 4.79 Å². The minimum absolute atomic E-state index is 0.203. The van der Waals surface area contributed by atoms with Gasteiger partial charge in [-0.2, -0.15) is 0 Å². The maximum atomic E-state index is 12.3. The van der Waals surface area contributed by atoms with E-state index in [1.165, 1.54) is 4.90 Å². The van der Waals surface area contributed by atoms with E-state index in [0.29, 0.717) is 23.1 Å². The largest absolute Gasteiger partial charge is 0.488 e. The van der Waals surface area contributed by atoms with E-state index in [2.05, 4.69) is 22.6 Å². The smallest absolute Gasteiger partial charge is 0.293 e. The van der Waals surface area contributed by atoms with Crippen molar-refractivity contribution in [1.29, 1.82) is 0 Å². The molecule has 1 aliphatic rings. The standard InChI is InChI=1S/C20H17ClINO3S/c1-2-9-23-19(24)18(27-20(23)25)11-14-5-8-17(16(22)10-14)26-12-13-3-6-15(21)7-4-13/h3-8,10-11H,2,9,12H2,1H3/b18-11+. The second kappa shape index (κ2) is 9.12. The van der Waals surface area contributed by atoms with Crippen LogP contribution in [0.3, 0.4) is 0 Å². The summed E-state index contributed by atoms with van der Waals surface area (Å²) in [6, 6.07) is 13.2. The zero-order valence-electron chi connectivity index (χ0n) is 14.6. The van der Waals surface area contributed by atoms with Crippen molar-refractivity contribution in [3.8, 4) is 5.75 Å². The first kappa shape index (κ1) is 20.2. The zero-order valence-corrected chi connectivity index (χ0v) is 18.3. The SMILES string of the molecule is CCCN1C(=O)S/C(=C/c2ccc(OCc3ccc(Cl)cc3)c(I)c2)C1=O. The molecule has 0 unspecified atom stereocenters. The number of thioether (sulfide) groups is 1. The van der Waals surface area contributed by atoms with Gasteiger partial charge < -0.3 is 4.74 Å². The van der Waals surface area contributed by atoms with Gasteiger partial charge in [-0.15, -0.1) is 0 Å². The van der Waals surface area contributed by atoms with Crippen molar-refractivity contribution in [1.82, 2.24) is 4.90 Å². The Labute approximate surface area is 181 Å². The minimum atomic E-state index is -0.218. The summed E-state index contributed by atoms with van der Waals surface area (Å²) < 4.78 is 6.80. The Hall–Kier alpha value is -1.51. The lowest BCUT2D eigenvalue weighted by atomic mass is 10.2. The number of hydrogen-bond acceptors (Lipinski definition) is 4. The van der Waals surface area contributed by atoms with Crippen LogP contribution in [0.2, 0.25) is 5.02 Å². The van der Waals surface area contributed by atoms with E-state index in [1.54, 1.807) is 6.08 Å². The number of nitrogens with zero attached hydrogens (tertiary/aromatic N) is 1. The van der Waals surface area contributed by atoms with E-state index in [4.69, 9.17) is 16.3 Å². The summed E-state index contributed by atoms with van der Waals surface area (Å²) in [6.07, 6.45) is 2.51.